The van der Waals surface area contributed by atoms with Crippen molar-refractivity contribution in [2.45, 2.75) is 58.7 Å². The van der Waals surface area contributed by atoms with Crippen molar-refractivity contribution in [3.63, 3.8) is 0 Å². The molecule has 0 saturated carbocycles. The number of carbonyl (C=O) groups excluding carboxylic acids is 2. The van der Waals surface area contributed by atoms with Gasteiger partial charge in [-0.1, -0.05) is 0 Å². The van der Waals surface area contributed by atoms with Crippen LogP contribution in [-0.2, 0) is 40.2 Å². The van der Waals surface area contributed by atoms with E-state index in [1.54, 1.807) is 23.2 Å². The normalized spacial score (nSPS) is 18.7. The predicted octanol–water partition coefficient (Wildman–Crippen LogP) is 2.13. The van der Waals surface area contributed by atoms with E-state index in [9.17, 15) is 9.59 Å². The molecule has 0 radical (unpaired) electrons. The highest BCUT2D eigenvalue weighted by molar-refractivity contribution is 7.09. The van der Waals surface area contributed by atoms with Gasteiger partial charge in [0.05, 0.1) is 17.8 Å². The van der Waals surface area contributed by atoms with Crippen LogP contribution < -0.4 is 0 Å². The van der Waals surface area contributed by atoms with Gasteiger partial charge in [-0.15, -0.1) is 11.3 Å². The Kier molecular flexibility index (Phi) is 5.96. The molecule has 1 amide bonds. The summed E-state index contributed by atoms with van der Waals surface area (Å²) in [4.78, 5) is 32.6. The second-order valence-electron chi connectivity index (χ2n) is 7.34. The molecule has 0 aromatic carbocycles. The summed E-state index contributed by atoms with van der Waals surface area (Å²) >= 11 is 1.64. The molecule has 1 saturated heterocycles. The fraction of sp³-hybridized carbons (Fsp3) is 0.600. The van der Waals surface area contributed by atoms with Crippen LogP contribution in [0.3, 0.4) is 0 Å². The molecule has 1 fully saturated rings. The molecule has 156 valence electrons. The van der Waals surface area contributed by atoms with Crippen molar-refractivity contribution < 1.29 is 19.1 Å². The molecule has 2 aliphatic rings. The van der Waals surface area contributed by atoms with Crippen molar-refractivity contribution in [2.75, 3.05) is 19.8 Å². The van der Waals surface area contributed by atoms with E-state index in [0.717, 1.165) is 36.2 Å². The Morgan fingerprint density at radius 2 is 2.28 bits per heavy atom. The number of carbonyl (C=O) groups is 2. The van der Waals surface area contributed by atoms with Gasteiger partial charge in [0.1, 0.15) is 6.10 Å². The van der Waals surface area contributed by atoms with Gasteiger partial charge in [0.25, 0.3) is 5.91 Å². The van der Waals surface area contributed by atoms with Crippen LogP contribution in [0.15, 0.2) is 5.51 Å². The summed E-state index contributed by atoms with van der Waals surface area (Å²) in [5.41, 5.74) is 5.04. The fourth-order valence-corrected chi connectivity index (χ4v) is 4.75. The Labute approximate surface area is 173 Å². The van der Waals surface area contributed by atoms with E-state index < -0.39 is 5.97 Å². The minimum Gasteiger partial charge on any atom is -0.461 e. The minimum absolute atomic E-state index is 0.0102. The number of ether oxygens (including phenoxy) is 2. The van der Waals surface area contributed by atoms with Crippen molar-refractivity contribution >= 4 is 23.2 Å². The fourth-order valence-electron chi connectivity index (χ4n) is 3.98. The molecular weight excluding hydrogens is 392 g/mol. The molecule has 0 N–H and O–H groups in total. The van der Waals surface area contributed by atoms with E-state index in [1.165, 1.54) is 4.88 Å². The van der Waals surface area contributed by atoms with Crippen LogP contribution >= 0.6 is 11.3 Å². The van der Waals surface area contributed by atoms with E-state index in [-0.39, 0.29) is 12.0 Å². The van der Waals surface area contributed by atoms with Gasteiger partial charge in [0.2, 0.25) is 0 Å². The average Bonchev–Trinajstić information content (AvgIpc) is 3.46. The van der Waals surface area contributed by atoms with Crippen LogP contribution in [0.1, 0.15) is 52.1 Å². The second kappa shape index (κ2) is 8.62. The largest absolute Gasteiger partial charge is 0.461 e. The van der Waals surface area contributed by atoms with Crippen molar-refractivity contribution in [2.24, 2.45) is 0 Å². The van der Waals surface area contributed by atoms with E-state index in [0.29, 0.717) is 45.0 Å². The lowest BCUT2D eigenvalue weighted by atomic mass is 10.0. The molecule has 1 atom stereocenters. The van der Waals surface area contributed by atoms with Gasteiger partial charge in [-0.05, 0) is 26.7 Å². The molecule has 0 aliphatic carbocycles. The lowest BCUT2D eigenvalue weighted by Gasteiger charge is -2.29. The van der Waals surface area contributed by atoms with Gasteiger partial charge in [-0.25, -0.2) is 9.78 Å². The van der Waals surface area contributed by atoms with Gasteiger partial charge >= 0.3 is 5.97 Å². The molecular formula is C20H26N4O4S. The van der Waals surface area contributed by atoms with Gasteiger partial charge in [-0.2, -0.15) is 5.10 Å². The number of amides is 1. The Balaban J connectivity index is 1.57. The molecule has 2 aromatic heterocycles. The maximum absolute atomic E-state index is 12.8. The lowest BCUT2D eigenvalue weighted by Crippen LogP contribution is -2.42. The zero-order valence-electron chi connectivity index (χ0n) is 16.8. The molecule has 8 nitrogen and oxygen atoms in total. The lowest BCUT2D eigenvalue weighted by molar-refractivity contribution is -0.141. The van der Waals surface area contributed by atoms with E-state index in [2.05, 4.69) is 10.1 Å². The summed E-state index contributed by atoms with van der Waals surface area (Å²) < 4.78 is 12.7. The highest BCUT2D eigenvalue weighted by Gasteiger charge is 2.34. The number of nitrogens with zero attached hydrogens (tertiary/aromatic N) is 4. The molecule has 0 spiro atoms. The van der Waals surface area contributed by atoms with Crippen LogP contribution in [-0.4, -0.2) is 57.4 Å². The Morgan fingerprint density at radius 1 is 1.41 bits per heavy atom. The highest BCUT2D eigenvalue weighted by Crippen LogP contribution is 2.26. The Hall–Kier alpha value is -2.26. The predicted molar refractivity (Wildman–Crippen MR) is 107 cm³/mol. The number of aromatic nitrogens is 3. The third-order valence-electron chi connectivity index (χ3n) is 5.52. The standard InChI is InChI=1S/C20H26N4O4S/c1-3-27-20(26)18-14-11-23(19(25)16-5-4-10-28-16)8-6-15(14)24(22-18)9-7-17-13(2)21-12-29-17/h12,16H,3-11H2,1-2H3. The first-order valence-electron chi connectivity index (χ1n) is 10.1. The number of esters is 1. The molecule has 4 heterocycles. The van der Waals surface area contributed by atoms with E-state index in [1.807, 2.05) is 17.1 Å². The Bertz CT molecular complexity index is 900. The summed E-state index contributed by atoms with van der Waals surface area (Å²) in [5.74, 6) is -0.418. The number of hydrogen-bond acceptors (Lipinski definition) is 7. The summed E-state index contributed by atoms with van der Waals surface area (Å²) in [6.45, 7) is 6.37. The van der Waals surface area contributed by atoms with Crippen molar-refractivity contribution in [1.82, 2.24) is 19.7 Å². The second-order valence-corrected chi connectivity index (χ2v) is 8.28. The number of fused-ring (bicyclic) bond motifs is 1. The topological polar surface area (TPSA) is 86.5 Å². The van der Waals surface area contributed by atoms with Crippen LogP contribution in [0.5, 0.6) is 0 Å². The quantitative estimate of drug-likeness (QED) is 0.668. The van der Waals surface area contributed by atoms with Crippen LogP contribution in [0, 0.1) is 6.92 Å². The van der Waals surface area contributed by atoms with Gasteiger partial charge in [-0.3, -0.25) is 9.48 Å². The summed E-state index contributed by atoms with van der Waals surface area (Å²) in [6, 6.07) is 0. The zero-order chi connectivity index (χ0) is 20.4. The number of thiazole rings is 1. The first kappa shape index (κ1) is 20.0. The first-order chi connectivity index (χ1) is 14.1. The van der Waals surface area contributed by atoms with E-state index in [4.69, 9.17) is 9.47 Å². The molecule has 1 unspecified atom stereocenters. The smallest absolute Gasteiger partial charge is 0.359 e. The van der Waals surface area contributed by atoms with Crippen molar-refractivity contribution in [3.8, 4) is 0 Å². The number of hydrogen-bond donors (Lipinski definition) is 0. The van der Waals surface area contributed by atoms with Crippen LogP contribution in [0.2, 0.25) is 0 Å². The number of aryl methyl sites for hydroxylation is 3. The third-order valence-corrected chi connectivity index (χ3v) is 6.51. The SMILES string of the molecule is CCOC(=O)c1nn(CCc2scnc2C)c2c1CN(C(=O)C1CCCO1)CC2. The van der Waals surface area contributed by atoms with Gasteiger partial charge in [0, 0.05) is 55.2 Å². The maximum Gasteiger partial charge on any atom is 0.359 e. The molecule has 29 heavy (non-hydrogen) atoms. The summed E-state index contributed by atoms with van der Waals surface area (Å²) in [5, 5.41) is 4.59. The first-order valence-corrected chi connectivity index (χ1v) is 11.0. The molecule has 2 aromatic rings. The van der Waals surface area contributed by atoms with E-state index >= 15 is 0 Å². The minimum atomic E-state index is -0.428. The molecule has 0 bridgehead atoms. The number of rotatable bonds is 6. The van der Waals surface area contributed by atoms with Crippen molar-refractivity contribution in [3.05, 3.63) is 33.0 Å². The highest BCUT2D eigenvalue weighted by atomic mass is 32.1. The molecule has 9 heteroatoms. The van der Waals surface area contributed by atoms with Crippen molar-refractivity contribution in [1.29, 1.82) is 0 Å². The Morgan fingerprint density at radius 3 is 2.97 bits per heavy atom. The monoisotopic (exact) mass is 418 g/mol. The zero-order valence-corrected chi connectivity index (χ0v) is 17.7. The summed E-state index contributed by atoms with van der Waals surface area (Å²) in [6.07, 6.45) is 2.80. The molecule has 4 rings (SSSR count). The van der Waals surface area contributed by atoms with Gasteiger partial charge < -0.3 is 14.4 Å². The summed E-state index contributed by atoms with van der Waals surface area (Å²) in [7, 11) is 0. The van der Waals surface area contributed by atoms with Crippen LogP contribution in [0.4, 0.5) is 0 Å². The van der Waals surface area contributed by atoms with Crippen LogP contribution in [0.25, 0.3) is 0 Å². The third kappa shape index (κ3) is 4.06. The maximum atomic E-state index is 12.8. The van der Waals surface area contributed by atoms with Gasteiger partial charge in [0.15, 0.2) is 5.69 Å². The molecule has 2 aliphatic heterocycles. The average molecular weight is 419 g/mol.